The van der Waals surface area contributed by atoms with E-state index in [0.717, 1.165) is 0 Å². The number of alkyl halides is 3. The van der Waals surface area contributed by atoms with Gasteiger partial charge in [-0.15, -0.1) is 0 Å². The predicted octanol–water partition coefficient (Wildman–Crippen LogP) is 3.42. The summed E-state index contributed by atoms with van der Waals surface area (Å²) in [4.78, 5) is 7.96. The van der Waals surface area contributed by atoms with Crippen molar-refractivity contribution in [2.45, 2.75) is 39.1 Å². The topological polar surface area (TPSA) is 47.0 Å². The summed E-state index contributed by atoms with van der Waals surface area (Å²) >= 11 is 5.78. The van der Waals surface area contributed by atoms with Crippen molar-refractivity contribution in [2.24, 2.45) is 0 Å². The molecule has 0 aliphatic rings. The fraction of sp³-hybridized carbons (Fsp3) is 0.636. The Bertz CT molecular complexity index is 415. The molecule has 0 amide bonds. The molecule has 1 atom stereocenters. The molecule has 4 nitrogen and oxygen atoms in total. The maximum absolute atomic E-state index is 12.2. The van der Waals surface area contributed by atoms with Crippen molar-refractivity contribution in [3.63, 3.8) is 0 Å². The van der Waals surface area contributed by atoms with Crippen LogP contribution in [0.2, 0.25) is 5.15 Å². The average molecular weight is 298 g/mol. The van der Waals surface area contributed by atoms with Gasteiger partial charge in [-0.3, -0.25) is 0 Å². The summed E-state index contributed by atoms with van der Waals surface area (Å²) in [7, 11) is 0. The van der Waals surface area contributed by atoms with E-state index in [1.165, 1.54) is 13.0 Å². The van der Waals surface area contributed by atoms with E-state index in [-0.39, 0.29) is 17.6 Å². The SMILES string of the molecule is CCOCc1nc(Cl)cc(NC(C)CC(F)(F)F)n1. The largest absolute Gasteiger partial charge is 0.391 e. The van der Waals surface area contributed by atoms with E-state index in [1.54, 1.807) is 0 Å². The van der Waals surface area contributed by atoms with Gasteiger partial charge >= 0.3 is 6.18 Å². The van der Waals surface area contributed by atoms with Gasteiger partial charge in [0.05, 0.1) is 6.42 Å². The van der Waals surface area contributed by atoms with Gasteiger partial charge < -0.3 is 10.1 Å². The van der Waals surface area contributed by atoms with Crippen LogP contribution in [0.25, 0.3) is 0 Å². The smallest absolute Gasteiger partial charge is 0.374 e. The molecule has 0 saturated heterocycles. The van der Waals surface area contributed by atoms with E-state index in [0.29, 0.717) is 12.4 Å². The predicted molar refractivity (Wildman–Crippen MR) is 66.1 cm³/mol. The number of hydrogen-bond donors (Lipinski definition) is 1. The summed E-state index contributed by atoms with van der Waals surface area (Å²) in [6, 6.07) is 0.579. The highest BCUT2D eigenvalue weighted by Crippen LogP contribution is 2.23. The van der Waals surface area contributed by atoms with Gasteiger partial charge in [-0.2, -0.15) is 13.2 Å². The van der Waals surface area contributed by atoms with Gasteiger partial charge in [0.15, 0.2) is 5.82 Å². The van der Waals surface area contributed by atoms with Crippen molar-refractivity contribution in [3.05, 3.63) is 17.0 Å². The molecule has 1 aromatic heterocycles. The zero-order valence-corrected chi connectivity index (χ0v) is 11.3. The van der Waals surface area contributed by atoms with Crippen LogP contribution in [0.5, 0.6) is 0 Å². The number of anilines is 1. The number of rotatable bonds is 6. The van der Waals surface area contributed by atoms with Gasteiger partial charge in [0.2, 0.25) is 0 Å². The Labute approximate surface area is 114 Å². The van der Waals surface area contributed by atoms with E-state index in [4.69, 9.17) is 16.3 Å². The van der Waals surface area contributed by atoms with Crippen LogP contribution in [0.1, 0.15) is 26.1 Å². The lowest BCUT2D eigenvalue weighted by molar-refractivity contribution is -0.136. The maximum atomic E-state index is 12.2. The minimum absolute atomic E-state index is 0.159. The molecular weight excluding hydrogens is 283 g/mol. The lowest BCUT2D eigenvalue weighted by Crippen LogP contribution is -2.24. The molecule has 0 fully saturated rings. The van der Waals surface area contributed by atoms with Crippen LogP contribution in [-0.4, -0.2) is 28.8 Å². The fourth-order valence-electron chi connectivity index (χ4n) is 1.45. The molecule has 0 aromatic carbocycles. The zero-order chi connectivity index (χ0) is 14.5. The number of ether oxygens (including phenoxy) is 1. The summed E-state index contributed by atoms with van der Waals surface area (Å²) in [5, 5.41) is 2.80. The first-order valence-corrected chi connectivity index (χ1v) is 6.12. The Balaban J connectivity index is 2.69. The molecular formula is C11H15ClF3N3O. The summed E-state index contributed by atoms with van der Waals surface area (Å²) < 4.78 is 41.8. The van der Waals surface area contributed by atoms with Gasteiger partial charge in [-0.05, 0) is 13.8 Å². The van der Waals surface area contributed by atoms with Crippen molar-refractivity contribution < 1.29 is 17.9 Å². The average Bonchev–Trinajstić information content (AvgIpc) is 2.22. The van der Waals surface area contributed by atoms with Gasteiger partial charge in [-0.25, -0.2) is 9.97 Å². The highest BCUT2D eigenvalue weighted by Gasteiger charge is 2.30. The molecule has 0 radical (unpaired) electrons. The van der Waals surface area contributed by atoms with Crippen LogP contribution in [0.3, 0.4) is 0 Å². The number of nitrogens with zero attached hydrogens (tertiary/aromatic N) is 2. The van der Waals surface area contributed by atoms with Gasteiger partial charge in [-0.1, -0.05) is 11.6 Å². The number of hydrogen-bond acceptors (Lipinski definition) is 4. The van der Waals surface area contributed by atoms with Crippen LogP contribution < -0.4 is 5.32 Å². The number of halogens is 4. The Kier molecular flexibility index (Phi) is 5.81. The molecule has 0 bridgehead atoms. The minimum Gasteiger partial charge on any atom is -0.374 e. The number of aromatic nitrogens is 2. The van der Waals surface area contributed by atoms with Crippen LogP contribution in [0, 0.1) is 0 Å². The van der Waals surface area contributed by atoms with Crippen molar-refractivity contribution in [1.82, 2.24) is 9.97 Å². The van der Waals surface area contributed by atoms with Crippen LogP contribution in [0.15, 0.2) is 6.07 Å². The lowest BCUT2D eigenvalue weighted by atomic mass is 10.2. The molecule has 1 aromatic rings. The van der Waals surface area contributed by atoms with E-state index in [9.17, 15) is 13.2 Å². The normalized spacial score (nSPS) is 13.4. The maximum Gasteiger partial charge on any atom is 0.391 e. The second-order valence-electron chi connectivity index (χ2n) is 3.99. The summed E-state index contributed by atoms with van der Waals surface area (Å²) in [5.74, 6) is 0.586. The molecule has 1 unspecified atom stereocenters. The third kappa shape index (κ3) is 6.58. The first kappa shape index (κ1) is 16.0. The van der Waals surface area contributed by atoms with Crippen LogP contribution in [-0.2, 0) is 11.3 Å². The molecule has 1 heterocycles. The molecule has 0 spiro atoms. The van der Waals surface area contributed by atoms with Crippen LogP contribution in [0.4, 0.5) is 19.0 Å². The standard InChI is InChI=1S/C11H15ClF3N3O/c1-3-19-6-10-17-8(12)4-9(18-10)16-7(2)5-11(13,14)15/h4,7H,3,5-6H2,1-2H3,(H,16,17,18). The zero-order valence-electron chi connectivity index (χ0n) is 10.6. The fourth-order valence-corrected chi connectivity index (χ4v) is 1.65. The summed E-state index contributed by atoms with van der Waals surface area (Å²) in [6.07, 6.45) is -5.17. The first-order valence-electron chi connectivity index (χ1n) is 5.74. The second-order valence-corrected chi connectivity index (χ2v) is 4.38. The van der Waals surface area contributed by atoms with Gasteiger partial charge in [0, 0.05) is 18.7 Å². The highest BCUT2D eigenvalue weighted by molar-refractivity contribution is 6.29. The highest BCUT2D eigenvalue weighted by atomic mass is 35.5. The summed E-state index contributed by atoms with van der Waals surface area (Å²) in [5.41, 5.74) is 0. The summed E-state index contributed by atoms with van der Waals surface area (Å²) in [6.45, 7) is 3.89. The van der Waals surface area contributed by atoms with E-state index < -0.39 is 18.6 Å². The third-order valence-electron chi connectivity index (χ3n) is 2.11. The van der Waals surface area contributed by atoms with Gasteiger partial charge in [0.25, 0.3) is 0 Å². The second kappa shape index (κ2) is 6.91. The van der Waals surface area contributed by atoms with Crippen molar-refractivity contribution >= 4 is 17.4 Å². The van der Waals surface area contributed by atoms with Gasteiger partial charge in [0.1, 0.15) is 17.6 Å². The Morgan fingerprint density at radius 3 is 2.68 bits per heavy atom. The molecule has 108 valence electrons. The Hall–Kier alpha value is -1.08. The quantitative estimate of drug-likeness (QED) is 0.817. The molecule has 1 rings (SSSR count). The molecule has 0 aliphatic carbocycles. The molecule has 0 aliphatic heterocycles. The van der Waals surface area contributed by atoms with Crippen molar-refractivity contribution in [1.29, 1.82) is 0 Å². The van der Waals surface area contributed by atoms with Crippen molar-refractivity contribution in [3.8, 4) is 0 Å². The van der Waals surface area contributed by atoms with E-state index >= 15 is 0 Å². The Morgan fingerprint density at radius 1 is 1.42 bits per heavy atom. The Morgan fingerprint density at radius 2 is 2.11 bits per heavy atom. The first-order chi connectivity index (χ1) is 8.80. The monoisotopic (exact) mass is 297 g/mol. The molecule has 1 N–H and O–H groups in total. The number of nitrogens with one attached hydrogen (secondary N) is 1. The third-order valence-corrected chi connectivity index (χ3v) is 2.30. The van der Waals surface area contributed by atoms with Crippen molar-refractivity contribution in [2.75, 3.05) is 11.9 Å². The van der Waals surface area contributed by atoms with E-state index in [1.807, 2.05) is 6.92 Å². The lowest BCUT2D eigenvalue weighted by Gasteiger charge is -2.16. The van der Waals surface area contributed by atoms with Crippen LogP contribution >= 0.6 is 11.6 Å². The minimum atomic E-state index is -4.22. The van der Waals surface area contributed by atoms with E-state index in [2.05, 4.69) is 15.3 Å². The molecule has 19 heavy (non-hydrogen) atoms. The molecule has 8 heteroatoms. The molecule has 0 saturated carbocycles.